The summed E-state index contributed by atoms with van der Waals surface area (Å²) in [5.74, 6) is 0.454. The van der Waals surface area contributed by atoms with E-state index in [-0.39, 0.29) is 12.4 Å². The van der Waals surface area contributed by atoms with E-state index in [1.807, 2.05) is 19.1 Å². The maximum absolute atomic E-state index is 11.7. The number of benzene rings is 1. The van der Waals surface area contributed by atoms with Gasteiger partial charge < -0.3 is 4.74 Å². The fourth-order valence-electron chi connectivity index (χ4n) is 1.29. The quantitative estimate of drug-likeness (QED) is 0.795. The number of ether oxygens (including phenoxy) is 1. The lowest BCUT2D eigenvalue weighted by molar-refractivity contribution is 0.0918. The fourth-order valence-corrected chi connectivity index (χ4v) is 1.29. The Morgan fingerprint density at radius 1 is 1.31 bits per heavy atom. The van der Waals surface area contributed by atoms with E-state index in [1.54, 1.807) is 24.4 Å². The molecule has 0 bridgehead atoms. The van der Waals surface area contributed by atoms with E-state index in [4.69, 9.17) is 4.74 Å². The molecule has 2 rings (SSSR count). The van der Waals surface area contributed by atoms with Gasteiger partial charge in [0.1, 0.15) is 0 Å². The number of H-pyrrole nitrogens is 1. The number of hydrogen-bond donors (Lipinski definition) is 1. The number of aryl methyl sites for hydroxylation is 1. The third-order valence-electron chi connectivity index (χ3n) is 2.21. The Kier molecular flexibility index (Phi) is 3.00. The molecule has 0 amide bonds. The van der Waals surface area contributed by atoms with Crippen molar-refractivity contribution in [3.63, 3.8) is 0 Å². The first kappa shape index (κ1) is 10.4. The molecule has 0 saturated carbocycles. The molecular weight excluding hydrogens is 204 g/mol. The van der Waals surface area contributed by atoms with Crippen LogP contribution in [0.5, 0.6) is 5.88 Å². The Balaban J connectivity index is 1.95. The average Bonchev–Trinajstić information content (AvgIpc) is 2.80. The minimum Gasteiger partial charge on any atom is -0.470 e. The highest BCUT2D eigenvalue weighted by atomic mass is 16.5. The lowest BCUT2D eigenvalue weighted by Gasteiger charge is -2.02. The van der Waals surface area contributed by atoms with Crippen LogP contribution < -0.4 is 4.74 Å². The number of aromatic nitrogens is 2. The molecule has 0 atom stereocenters. The third-order valence-corrected chi connectivity index (χ3v) is 2.21. The Hall–Kier alpha value is -2.10. The van der Waals surface area contributed by atoms with Crippen molar-refractivity contribution in [3.8, 4) is 5.88 Å². The first-order valence-corrected chi connectivity index (χ1v) is 4.98. The average molecular weight is 216 g/mol. The van der Waals surface area contributed by atoms with Crippen LogP contribution in [-0.4, -0.2) is 22.6 Å². The number of carbonyl (C=O) groups excluding carboxylic acids is 1. The summed E-state index contributed by atoms with van der Waals surface area (Å²) < 4.78 is 5.22. The van der Waals surface area contributed by atoms with Gasteiger partial charge in [0.2, 0.25) is 5.88 Å². The molecule has 1 aromatic heterocycles. The second-order valence-electron chi connectivity index (χ2n) is 3.50. The van der Waals surface area contributed by atoms with Gasteiger partial charge in [0.15, 0.2) is 12.4 Å². The minimum atomic E-state index is -0.0467. The lowest BCUT2D eigenvalue weighted by atomic mass is 10.1. The monoisotopic (exact) mass is 216 g/mol. The van der Waals surface area contributed by atoms with E-state index in [1.165, 1.54) is 0 Å². The molecule has 0 unspecified atom stereocenters. The van der Waals surface area contributed by atoms with Crippen molar-refractivity contribution in [2.45, 2.75) is 6.92 Å². The predicted octanol–water partition coefficient (Wildman–Crippen LogP) is 1.98. The van der Waals surface area contributed by atoms with E-state index >= 15 is 0 Å². The molecule has 1 aromatic carbocycles. The van der Waals surface area contributed by atoms with Gasteiger partial charge in [-0.15, -0.1) is 0 Å². The van der Waals surface area contributed by atoms with Crippen molar-refractivity contribution in [1.29, 1.82) is 0 Å². The van der Waals surface area contributed by atoms with Gasteiger partial charge in [-0.3, -0.25) is 4.79 Å². The van der Waals surface area contributed by atoms with Gasteiger partial charge in [0.25, 0.3) is 0 Å². The molecule has 0 fully saturated rings. The summed E-state index contributed by atoms with van der Waals surface area (Å²) in [4.78, 5) is 11.7. The number of aromatic amines is 1. The summed E-state index contributed by atoms with van der Waals surface area (Å²) in [5, 5.41) is 6.35. The van der Waals surface area contributed by atoms with Crippen LogP contribution in [0.2, 0.25) is 0 Å². The Morgan fingerprint density at radius 3 is 2.69 bits per heavy atom. The largest absolute Gasteiger partial charge is 0.470 e. The van der Waals surface area contributed by atoms with Gasteiger partial charge in [0.05, 0.1) is 6.20 Å². The van der Waals surface area contributed by atoms with E-state index in [9.17, 15) is 4.79 Å². The van der Waals surface area contributed by atoms with Gasteiger partial charge in [0, 0.05) is 11.6 Å². The highest BCUT2D eigenvalue weighted by Gasteiger charge is 2.06. The van der Waals surface area contributed by atoms with Gasteiger partial charge >= 0.3 is 0 Å². The second kappa shape index (κ2) is 4.61. The van der Waals surface area contributed by atoms with Crippen LogP contribution in [0.25, 0.3) is 0 Å². The van der Waals surface area contributed by atoms with Gasteiger partial charge in [-0.25, -0.2) is 5.10 Å². The molecule has 2 aromatic rings. The second-order valence-corrected chi connectivity index (χ2v) is 3.50. The molecule has 1 heterocycles. The fraction of sp³-hybridized carbons (Fsp3) is 0.167. The van der Waals surface area contributed by atoms with Crippen molar-refractivity contribution in [2.75, 3.05) is 6.61 Å². The lowest BCUT2D eigenvalue weighted by Crippen LogP contribution is -2.11. The summed E-state index contributed by atoms with van der Waals surface area (Å²) >= 11 is 0. The Labute approximate surface area is 93.3 Å². The van der Waals surface area contributed by atoms with Crippen LogP contribution in [-0.2, 0) is 0 Å². The topological polar surface area (TPSA) is 55.0 Å². The summed E-state index contributed by atoms with van der Waals surface area (Å²) in [6.07, 6.45) is 1.58. The maximum atomic E-state index is 11.7. The SMILES string of the molecule is Cc1ccc(C(=O)COc2ccn[nH]2)cc1. The molecule has 0 aliphatic carbocycles. The van der Waals surface area contributed by atoms with Crippen molar-refractivity contribution in [3.05, 3.63) is 47.7 Å². The van der Waals surface area contributed by atoms with E-state index in [2.05, 4.69) is 10.2 Å². The molecular formula is C12H12N2O2. The van der Waals surface area contributed by atoms with Crippen LogP contribution in [0.4, 0.5) is 0 Å². The first-order valence-electron chi connectivity index (χ1n) is 4.98. The zero-order valence-corrected chi connectivity index (χ0v) is 8.93. The molecule has 0 aliphatic rings. The number of rotatable bonds is 4. The molecule has 4 heteroatoms. The van der Waals surface area contributed by atoms with E-state index < -0.39 is 0 Å². The van der Waals surface area contributed by atoms with Crippen molar-refractivity contribution >= 4 is 5.78 Å². The summed E-state index contributed by atoms with van der Waals surface area (Å²) in [6, 6.07) is 9.08. The highest BCUT2D eigenvalue weighted by molar-refractivity contribution is 5.97. The molecule has 16 heavy (non-hydrogen) atoms. The molecule has 0 radical (unpaired) electrons. The number of ketones is 1. The molecule has 0 saturated heterocycles. The van der Waals surface area contributed by atoms with Crippen LogP contribution in [0.1, 0.15) is 15.9 Å². The van der Waals surface area contributed by atoms with Gasteiger partial charge in [-0.05, 0) is 6.92 Å². The van der Waals surface area contributed by atoms with Crippen molar-refractivity contribution in [1.82, 2.24) is 10.2 Å². The summed E-state index contributed by atoms with van der Waals surface area (Å²) in [5.41, 5.74) is 1.79. The number of hydrogen-bond acceptors (Lipinski definition) is 3. The molecule has 0 aliphatic heterocycles. The number of nitrogens with zero attached hydrogens (tertiary/aromatic N) is 1. The summed E-state index contributed by atoms with van der Waals surface area (Å²) in [6.45, 7) is 2.00. The first-order chi connectivity index (χ1) is 7.75. The van der Waals surface area contributed by atoms with Gasteiger partial charge in [-0.2, -0.15) is 5.10 Å². The number of Topliss-reactive ketones (excluding diaryl/α,β-unsaturated/α-hetero) is 1. The minimum absolute atomic E-state index is 0.0191. The van der Waals surface area contributed by atoms with E-state index in [0.717, 1.165) is 5.56 Å². The van der Waals surface area contributed by atoms with Crippen LogP contribution in [0, 0.1) is 6.92 Å². The van der Waals surface area contributed by atoms with Crippen molar-refractivity contribution in [2.24, 2.45) is 0 Å². The molecule has 4 nitrogen and oxygen atoms in total. The molecule has 1 N–H and O–H groups in total. The highest BCUT2D eigenvalue weighted by Crippen LogP contribution is 2.06. The van der Waals surface area contributed by atoms with Gasteiger partial charge in [-0.1, -0.05) is 29.8 Å². The number of nitrogens with one attached hydrogen (secondary N) is 1. The molecule has 82 valence electrons. The standard InChI is InChI=1S/C12H12N2O2/c1-9-2-4-10(5-3-9)11(15)8-16-12-6-7-13-14-12/h2-7H,8H2,1H3,(H,13,14). The number of carbonyl (C=O) groups is 1. The normalized spacial score (nSPS) is 10.1. The summed E-state index contributed by atoms with van der Waals surface area (Å²) in [7, 11) is 0. The van der Waals surface area contributed by atoms with Crippen LogP contribution in [0.3, 0.4) is 0 Å². The zero-order chi connectivity index (χ0) is 11.4. The Morgan fingerprint density at radius 2 is 2.06 bits per heavy atom. The molecule has 0 spiro atoms. The zero-order valence-electron chi connectivity index (χ0n) is 8.93. The van der Waals surface area contributed by atoms with Crippen molar-refractivity contribution < 1.29 is 9.53 Å². The predicted molar refractivity (Wildman–Crippen MR) is 59.6 cm³/mol. The Bertz CT molecular complexity index is 460. The van der Waals surface area contributed by atoms with Crippen LogP contribution in [0.15, 0.2) is 36.5 Å². The third kappa shape index (κ3) is 2.48. The van der Waals surface area contributed by atoms with Crippen LogP contribution >= 0.6 is 0 Å². The maximum Gasteiger partial charge on any atom is 0.209 e. The van der Waals surface area contributed by atoms with E-state index in [0.29, 0.717) is 11.4 Å². The smallest absolute Gasteiger partial charge is 0.209 e.